The van der Waals surface area contributed by atoms with Crippen LogP contribution in [0.15, 0.2) is 66.5 Å². The molecule has 3 aromatic rings. The van der Waals surface area contributed by atoms with E-state index in [0.29, 0.717) is 11.3 Å². The molecule has 1 saturated heterocycles. The number of Topliss-reactive ketones (excluding diaryl/α,β-unsaturated/α-hetero) is 1. The van der Waals surface area contributed by atoms with E-state index in [2.05, 4.69) is 4.98 Å². The van der Waals surface area contributed by atoms with Crippen LogP contribution in [0.25, 0.3) is 5.76 Å². The van der Waals surface area contributed by atoms with Gasteiger partial charge in [-0.1, -0.05) is 17.7 Å². The number of anilines is 1. The second-order valence-electron chi connectivity index (χ2n) is 8.64. The number of halogens is 1. The van der Waals surface area contributed by atoms with Gasteiger partial charge in [0.2, 0.25) is 0 Å². The van der Waals surface area contributed by atoms with Gasteiger partial charge in [0.1, 0.15) is 17.3 Å². The Hall–Kier alpha value is -4.37. The molecular formula is C28H25ClN2O7. The lowest BCUT2D eigenvalue weighted by molar-refractivity contribution is -0.132. The van der Waals surface area contributed by atoms with Gasteiger partial charge in [-0.25, -0.2) is 4.79 Å². The van der Waals surface area contributed by atoms with Gasteiger partial charge in [-0.15, -0.1) is 0 Å². The number of rotatable bonds is 7. The van der Waals surface area contributed by atoms with Crippen LogP contribution in [0.5, 0.6) is 11.5 Å². The summed E-state index contributed by atoms with van der Waals surface area (Å²) in [5, 5.41) is 11.6. The van der Waals surface area contributed by atoms with Crippen molar-refractivity contribution in [2.45, 2.75) is 26.0 Å². The number of amides is 1. The molecular weight excluding hydrogens is 512 g/mol. The molecule has 0 radical (unpaired) electrons. The Morgan fingerprint density at radius 3 is 2.34 bits per heavy atom. The molecule has 0 saturated carbocycles. The molecule has 0 aliphatic carbocycles. The molecule has 1 N–H and O–H groups in total. The molecule has 2 heterocycles. The Bertz CT molecular complexity index is 1440. The van der Waals surface area contributed by atoms with Gasteiger partial charge in [0.15, 0.2) is 0 Å². The third kappa shape index (κ3) is 4.92. The Labute approximate surface area is 224 Å². The van der Waals surface area contributed by atoms with Gasteiger partial charge in [0.25, 0.3) is 11.7 Å². The molecule has 1 aromatic heterocycles. The molecule has 196 valence electrons. The number of aromatic nitrogens is 1. The van der Waals surface area contributed by atoms with Crippen LogP contribution in [0.1, 0.15) is 41.4 Å². The summed E-state index contributed by atoms with van der Waals surface area (Å²) in [6, 6.07) is 11.3. The topological polar surface area (TPSA) is 115 Å². The highest BCUT2D eigenvalue weighted by Crippen LogP contribution is 2.44. The van der Waals surface area contributed by atoms with Gasteiger partial charge < -0.3 is 19.3 Å². The van der Waals surface area contributed by atoms with Crippen molar-refractivity contribution in [3.8, 4) is 11.5 Å². The largest absolute Gasteiger partial charge is 0.507 e. The maximum Gasteiger partial charge on any atom is 0.338 e. The Balaban J connectivity index is 1.93. The lowest BCUT2D eigenvalue weighted by Crippen LogP contribution is -2.29. The van der Waals surface area contributed by atoms with E-state index in [1.54, 1.807) is 44.2 Å². The molecule has 4 rings (SSSR count). The number of carbonyl (C=O) groups is 3. The highest BCUT2D eigenvalue weighted by molar-refractivity contribution is 6.51. The van der Waals surface area contributed by atoms with Crippen molar-refractivity contribution in [2.75, 3.05) is 19.1 Å². The lowest BCUT2D eigenvalue weighted by atomic mass is 9.95. The zero-order chi connectivity index (χ0) is 27.6. The quantitative estimate of drug-likeness (QED) is 0.195. The van der Waals surface area contributed by atoms with E-state index < -0.39 is 29.5 Å². The summed E-state index contributed by atoms with van der Waals surface area (Å²) in [6.07, 6.45) is 2.68. The van der Waals surface area contributed by atoms with Crippen molar-refractivity contribution in [3.05, 3.63) is 88.2 Å². The van der Waals surface area contributed by atoms with Gasteiger partial charge in [-0.05, 0) is 55.8 Å². The third-order valence-corrected chi connectivity index (χ3v) is 6.19. The number of carbonyl (C=O) groups excluding carboxylic acids is 3. The summed E-state index contributed by atoms with van der Waals surface area (Å²) in [5.74, 6) is -2.38. The standard InChI is InChI=1S/C28H25ClN2O7/c1-15(2)38-28(35)17-6-5-7-18(12-17)31-24(16-8-10-30-11-9-16)23(26(33)27(31)34)25(32)19-13-20(29)22(37-4)14-21(19)36-3/h5-15,24,32H,1-4H3/b25-23+. The molecule has 2 aromatic carbocycles. The fourth-order valence-electron chi connectivity index (χ4n) is 4.22. The number of nitrogens with zero attached hydrogens (tertiary/aromatic N) is 2. The number of ketones is 1. The normalized spacial score (nSPS) is 16.6. The van der Waals surface area contributed by atoms with E-state index in [9.17, 15) is 19.5 Å². The molecule has 9 nitrogen and oxygen atoms in total. The molecule has 38 heavy (non-hydrogen) atoms. The lowest BCUT2D eigenvalue weighted by Gasteiger charge is -2.26. The number of pyridine rings is 1. The number of ether oxygens (including phenoxy) is 3. The van der Waals surface area contributed by atoms with Crippen molar-refractivity contribution < 1.29 is 33.7 Å². The van der Waals surface area contributed by atoms with Gasteiger partial charge in [0, 0.05) is 24.1 Å². The number of methoxy groups -OCH3 is 2. The number of hydrogen-bond acceptors (Lipinski definition) is 8. The predicted molar refractivity (Wildman–Crippen MR) is 141 cm³/mol. The van der Waals surface area contributed by atoms with Gasteiger partial charge >= 0.3 is 5.97 Å². The van der Waals surface area contributed by atoms with Crippen LogP contribution >= 0.6 is 11.6 Å². The van der Waals surface area contributed by atoms with Crippen LogP contribution < -0.4 is 14.4 Å². The van der Waals surface area contributed by atoms with Crippen LogP contribution in [-0.4, -0.2) is 48.1 Å². The van der Waals surface area contributed by atoms with Crippen LogP contribution in [0.2, 0.25) is 5.02 Å². The van der Waals surface area contributed by atoms with Crippen LogP contribution in [-0.2, 0) is 14.3 Å². The number of aliphatic hydroxyl groups excluding tert-OH is 1. The molecule has 10 heteroatoms. The first-order valence-corrected chi connectivity index (χ1v) is 12.0. The third-order valence-electron chi connectivity index (χ3n) is 5.90. The predicted octanol–water partition coefficient (Wildman–Crippen LogP) is 4.94. The Morgan fingerprint density at radius 2 is 1.71 bits per heavy atom. The first-order chi connectivity index (χ1) is 18.2. The molecule has 1 fully saturated rings. The van der Waals surface area contributed by atoms with E-state index in [1.165, 1.54) is 49.7 Å². The first kappa shape index (κ1) is 26.7. The van der Waals surface area contributed by atoms with Crippen molar-refractivity contribution >= 4 is 40.7 Å². The summed E-state index contributed by atoms with van der Waals surface area (Å²) >= 11 is 6.31. The fraction of sp³-hybridized carbons (Fsp3) is 0.214. The fourth-order valence-corrected chi connectivity index (χ4v) is 4.46. The SMILES string of the molecule is COc1cc(OC)c(/C(O)=C2\C(=O)C(=O)N(c3cccc(C(=O)OC(C)C)c3)C2c2ccncc2)cc1Cl. The number of hydrogen-bond donors (Lipinski definition) is 1. The van der Waals surface area contributed by atoms with Crippen LogP contribution in [0.4, 0.5) is 5.69 Å². The maximum absolute atomic E-state index is 13.4. The van der Waals surface area contributed by atoms with Crippen molar-refractivity contribution in [2.24, 2.45) is 0 Å². The minimum atomic E-state index is -1.04. The molecule has 1 unspecified atom stereocenters. The Kier molecular flexibility index (Phi) is 7.68. The van der Waals surface area contributed by atoms with E-state index in [4.69, 9.17) is 25.8 Å². The smallest absolute Gasteiger partial charge is 0.338 e. The van der Waals surface area contributed by atoms with E-state index in [1.807, 2.05) is 0 Å². The van der Waals surface area contributed by atoms with Crippen LogP contribution in [0.3, 0.4) is 0 Å². The summed E-state index contributed by atoms with van der Waals surface area (Å²) in [6.45, 7) is 3.45. The minimum absolute atomic E-state index is 0.101. The van der Waals surface area contributed by atoms with E-state index >= 15 is 0 Å². The summed E-state index contributed by atoms with van der Waals surface area (Å²) in [4.78, 5) is 44.7. The highest BCUT2D eigenvalue weighted by atomic mass is 35.5. The molecule has 0 bridgehead atoms. The summed E-state index contributed by atoms with van der Waals surface area (Å²) in [5.41, 5.74) is 0.899. The average molecular weight is 537 g/mol. The summed E-state index contributed by atoms with van der Waals surface area (Å²) in [7, 11) is 2.82. The minimum Gasteiger partial charge on any atom is -0.507 e. The molecule has 1 atom stereocenters. The van der Waals surface area contributed by atoms with Crippen molar-refractivity contribution in [1.29, 1.82) is 0 Å². The maximum atomic E-state index is 13.4. The van der Waals surface area contributed by atoms with E-state index in [0.717, 1.165) is 0 Å². The Morgan fingerprint density at radius 1 is 1.03 bits per heavy atom. The van der Waals surface area contributed by atoms with Gasteiger partial charge in [0.05, 0.1) is 48.1 Å². The number of aliphatic hydroxyl groups is 1. The van der Waals surface area contributed by atoms with Gasteiger partial charge in [-0.3, -0.25) is 19.5 Å². The molecule has 1 aliphatic rings. The highest BCUT2D eigenvalue weighted by Gasteiger charge is 2.47. The first-order valence-electron chi connectivity index (χ1n) is 11.6. The zero-order valence-corrected chi connectivity index (χ0v) is 21.9. The summed E-state index contributed by atoms with van der Waals surface area (Å²) < 4.78 is 15.9. The number of benzene rings is 2. The average Bonchev–Trinajstić information content (AvgIpc) is 3.18. The molecule has 1 aliphatic heterocycles. The van der Waals surface area contributed by atoms with Crippen molar-refractivity contribution in [3.63, 3.8) is 0 Å². The molecule has 1 amide bonds. The van der Waals surface area contributed by atoms with E-state index in [-0.39, 0.29) is 39.3 Å². The zero-order valence-electron chi connectivity index (χ0n) is 21.1. The monoisotopic (exact) mass is 536 g/mol. The van der Waals surface area contributed by atoms with Gasteiger partial charge in [-0.2, -0.15) is 0 Å². The molecule has 0 spiro atoms. The second kappa shape index (κ2) is 10.9. The second-order valence-corrected chi connectivity index (χ2v) is 9.05. The van der Waals surface area contributed by atoms with Crippen molar-refractivity contribution in [1.82, 2.24) is 4.98 Å². The number of esters is 1. The van der Waals surface area contributed by atoms with Crippen LogP contribution in [0, 0.1) is 0 Å².